The molecule has 3 N–H and O–H groups in total. The molecule has 4 rings (SSSR count). The summed E-state index contributed by atoms with van der Waals surface area (Å²) in [6.07, 6.45) is -0.565. The second-order valence-corrected chi connectivity index (χ2v) is 8.73. The molecule has 1 heterocycles. The van der Waals surface area contributed by atoms with Crippen LogP contribution in [0.5, 0.6) is 11.5 Å². The highest BCUT2D eigenvalue weighted by Gasteiger charge is 2.25. The van der Waals surface area contributed by atoms with Gasteiger partial charge in [0.25, 0.3) is 0 Å². The Morgan fingerprint density at radius 1 is 0.806 bits per heavy atom. The first-order valence-corrected chi connectivity index (χ1v) is 11.9. The second kappa shape index (κ2) is 11.7. The molecule has 7 nitrogen and oxygen atoms in total. The zero-order valence-electron chi connectivity index (χ0n) is 20.3. The zero-order chi connectivity index (χ0) is 25.5. The van der Waals surface area contributed by atoms with Crippen molar-refractivity contribution in [2.24, 2.45) is 0 Å². The van der Waals surface area contributed by atoms with Crippen molar-refractivity contribution in [3.8, 4) is 11.5 Å². The molecule has 3 aromatic carbocycles. The molecular formula is C28H29ClN4O3. The van der Waals surface area contributed by atoms with Gasteiger partial charge in [0.05, 0.1) is 25.9 Å². The fraction of sp³-hybridized carbons (Fsp3) is 0.214. The first-order valence-electron chi connectivity index (χ1n) is 11.5. The number of aliphatic hydroxyl groups is 1. The van der Waals surface area contributed by atoms with Crippen molar-refractivity contribution in [1.82, 2.24) is 9.97 Å². The summed E-state index contributed by atoms with van der Waals surface area (Å²) in [6.45, 7) is 0.988. The van der Waals surface area contributed by atoms with Crippen LogP contribution in [0.15, 0.2) is 78.9 Å². The molecule has 1 aromatic heterocycles. The Labute approximate surface area is 216 Å². The first kappa shape index (κ1) is 25.3. The van der Waals surface area contributed by atoms with Crippen LogP contribution in [-0.2, 0) is 19.5 Å². The molecule has 8 heteroatoms. The maximum absolute atomic E-state index is 11.3. The zero-order valence-corrected chi connectivity index (χ0v) is 21.0. The molecule has 0 aliphatic heterocycles. The summed E-state index contributed by atoms with van der Waals surface area (Å²) < 4.78 is 10.6. The molecule has 0 aliphatic rings. The molecule has 0 saturated carbocycles. The number of nitrogens with zero attached hydrogens (tertiary/aromatic N) is 3. The molecule has 0 radical (unpaired) electrons. The largest absolute Gasteiger partial charge is 0.497 e. The van der Waals surface area contributed by atoms with E-state index >= 15 is 0 Å². The highest BCUT2D eigenvalue weighted by Crippen LogP contribution is 2.35. The molecule has 0 aliphatic carbocycles. The van der Waals surface area contributed by atoms with E-state index in [0.717, 1.165) is 28.2 Å². The number of rotatable bonds is 10. The minimum absolute atomic E-state index is 0.0418. The second-order valence-electron chi connectivity index (χ2n) is 8.37. The third kappa shape index (κ3) is 6.24. The summed E-state index contributed by atoms with van der Waals surface area (Å²) in [4.78, 5) is 10.7. The lowest BCUT2D eigenvalue weighted by Crippen LogP contribution is -2.26. The minimum Gasteiger partial charge on any atom is -0.497 e. The van der Waals surface area contributed by atoms with Crippen molar-refractivity contribution in [3.63, 3.8) is 0 Å². The summed E-state index contributed by atoms with van der Waals surface area (Å²) in [5, 5.41) is 11.4. The minimum atomic E-state index is -0.926. The lowest BCUT2D eigenvalue weighted by Gasteiger charge is -2.28. The molecule has 186 valence electrons. The molecule has 0 bridgehead atoms. The number of ether oxygens (including phenoxy) is 2. The van der Waals surface area contributed by atoms with Crippen LogP contribution in [0.1, 0.15) is 28.4 Å². The number of nitrogens with two attached hydrogens (primary N) is 1. The van der Waals surface area contributed by atoms with Gasteiger partial charge in [-0.1, -0.05) is 66.2 Å². The SMILES string of the molecule is COc1ccc(CN(Cc2ccc(OC)cc2)c2nc(N)nc(Cl)c2C(O)Cc2ccccc2)cc1. The Morgan fingerprint density at radius 3 is 1.83 bits per heavy atom. The number of halogens is 1. The number of methoxy groups -OCH3 is 2. The molecule has 0 saturated heterocycles. The van der Waals surface area contributed by atoms with Crippen molar-refractivity contribution in [3.05, 3.63) is 106 Å². The van der Waals surface area contributed by atoms with Crippen molar-refractivity contribution >= 4 is 23.4 Å². The van der Waals surface area contributed by atoms with E-state index in [1.165, 1.54) is 0 Å². The summed E-state index contributed by atoms with van der Waals surface area (Å²) in [5.41, 5.74) is 9.51. The van der Waals surface area contributed by atoms with Crippen LogP contribution in [0.3, 0.4) is 0 Å². The smallest absolute Gasteiger partial charge is 0.223 e. The predicted molar refractivity (Wildman–Crippen MR) is 142 cm³/mol. The van der Waals surface area contributed by atoms with Crippen LogP contribution in [-0.4, -0.2) is 29.3 Å². The highest BCUT2D eigenvalue weighted by molar-refractivity contribution is 6.30. The average molecular weight is 505 g/mol. The van der Waals surface area contributed by atoms with E-state index in [1.54, 1.807) is 14.2 Å². The van der Waals surface area contributed by atoms with Crippen molar-refractivity contribution in [2.45, 2.75) is 25.6 Å². The van der Waals surface area contributed by atoms with Crippen LogP contribution >= 0.6 is 11.6 Å². The normalized spacial score (nSPS) is 11.7. The number of anilines is 2. The van der Waals surface area contributed by atoms with E-state index in [0.29, 0.717) is 30.9 Å². The maximum atomic E-state index is 11.3. The summed E-state index contributed by atoms with van der Waals surface area (Å²) in [7, 11) is 3.27. The van der Waals surface area contributed by atoms with Gasteiger partial charge in [0, 0.05) is 19.5 Å². The van der Waals surface area contributed by atoms with Gasteiger partial charge in [0.1, 0.15) is 22.5 Å². The van der Waals surface area contributed by atoms with Gasteiger partial charge >= 0.3 is 0 Å². The molecule has 36 heavy (non-hydrogen) atoms. The van der Waals surface area contributed by atoms with E-state index in [2.05, 4.69) is 9.97 Å². The predicted octanol–water partition coefficient (Wildman–Crippen LogP) is 5.21. The number of aromatic nitrogens is 2. The fourth-order valence-electron chi connectivity index (χ4n) is 4.02. The van der Waals surface area contributed by atoms with E-state index < -0.39 is 6.10 Å². The average Bonchev–Trinajstić information content (AvgIpc) is 2.89. The van der Waals surface area contributed by atoms with E-state index in [1.807, 2.05) is 83.8 Å². The van der Waals surface area contributed by atoms with Crippen LogP contribution in [0.4, 0.5) is 11.8 Å². The van der Waals surface area contributed by atoms with Crippen LogP contribution in [0.2, 0.25) is 5.15 Å². The standard InChI is InChI=1S/C28H29ClN4O3/c1-35-22-12-8-20(9-13-22)17-33(18-21-10-14-23(36-2)15-11-21)27-25(26(29)31-28(30)32-27)24(34)16-19-6-4-3-5-7-19/h3-15,24,34H,16-18H2,1-2H3,(H2,30,31,32). The highest BCUT2D eigenvalue weighted by atomic mass is 35.5. The summed E-state index contributed by atoms with van der Waals surface area (Å²) in [5.74, 6) is 2.07. The number of nitrogen functional groups attached to an aromatic ring is 1. The molecule has 1 atom stereocenters. The Balaban J connectivity index is 1.74. The van der Waals surface area contributed by atoms with E-state index in [9.17, 15) is 5.11 Å². The van der Waals surface area contributed by atoms with Gasteiger partial charge in [0.15, 0.2) is 0 Å². The van der Waals surface area contributed by atoms with Crippen molar-refractivity contribution in [1.29, 1.82) is 0 Å². The first-order chi connectivity index (χ1) is 17.5. The van der Waals surface area contributed by atoms with Gasteiger partial charge in [-0.05, 0) is 41.0 Å². The maximum Gasteiger partial charge on any atom is 0.223 e. The van der Waals surface area contributed by atoms with Crippen molar-refractivity contribution in [2.75, 3.05) is 24.9 Å². The van der Waals surface area contributed by atoms with Gasteiger partial charge in [-0.25, -0.2) is 4.98 Å². The molecular weight excluding hydrogens is 476 g/mol. The van der Waals surface area contributed by atoms with Gasteiger partial charge < -0.3 is 25.2 Å². The van der Waals surface area contributed by atoms with Gasteiger partial charge in [0.2, 0.25) is 5.95 Å². The van der Waals surface area contributed by atoms with E-state index in [4.69, 9.17) is 26.8 Å². The Bertz CT molecular complexity index is 1220. The Kier molecular flexibility index (Phi) is 8.25. The third-order valence-electron chi connectivity index (χ3n) is 5.87. The topological polar surface area (TPSA) is 93.7 Å². The fourth-order valence-corrected chi connectivity index (χ4v) is 4.32. The monoisotopic (exact) mass is 504 g/mol. The summed E-state index contributed by atoms with van der Waals surface area (Å²) >= 11 is 6.57. The van der Waals surface area contributed by atoms with Gasteiger partial charge in [-0.2, -0.15) is 4.98 Å². The molecule has 0 spiro atoms. The Hall–Kier alpha value is -3.81. The van der Waals surface area contributed by atoms with Crippen LogP contribution < -0.4 is 20.1 Å². The lowest BCUT2D eigenvalue weighted by atomic mass is 10.0. The van der Waals surface area contributed by atoms with E-state index in [-0.39, 0.29) is 11.1 Å². The van der Waals surface area contributed by atoms with Gasteiger partial charge in [-0.3, -0.25) is 0 Å². The van der Waals surface area contributed by atoms with Crippen LogP contribution in [0, 0.1) is 0 Å². The van der Waals surface area contributed by atoms with Crippen LogP contribution in [0.25, 0.3) is 0 Å². The number of hydrogen-bond donors (Lipinski definition) is 2. The van der Waals surface area contributed by atoms with Crippen molar-refractivity contribution < 1.29 is 14.6 Å². The third-order valence-corrected chi connectivity index (χ3v) is 6.15. The number of aliphatic hydroxyl groups excluding tert-OH is 1. The summed E-state index contributed by atoms with van der Waals surface area (Å²) in [6, 6.07) is 25.3. The molecule has 0 amide bonds. The molecule has 1 unspecified atom stereocenters. The number of hydrogen-bond acceptors (Lipinski definition) is 7. The number of benzene rings is 3. The quantitative estimate of drug-likeness (QED) is 0.286. The Morgan fingerprint density at radius 2 is 1.33 bits per heavy atom. The molecule has 4 aromatic rings. The van der Waals surface area contributed by atoms with Gasteiger partial charge in [-0.15, -0.1) is 0 Å². The lowest BCUT2D eigenvalue weighted by molar-refractivity contribution is 0.178. The molecule has 0 fully saturated rings.